The van der Waals surface area contributed by atoms with Crippen molar-refractivity contribution in [2.24, 2.45) is 3.77 Å². The van der Waals surface area contributed by atoms with Crippen LogP contribution in [0.5, 0.6) is 5.75 Å². The largest absolute Gasteiger partial charge is 0.489 e. The molecule has 0 saturated heterocycles. The van der Waals surface area contributed by atoms with Crippen molar-refractivity contribution in [1.82, 2.24) is 0 Å². The number of hydrogen-bond acceptors (Lipinski definition) is 3. The molecule has 1 atom stereocenters. The Morgan fingerprint density at radius 2 is 1.54 bits per heavy atom. The fraction of sp³-hybridized carbons (Fsp3) is 0.143. The van der Waals surface area contributed by atoms with Gasteiger partial charge in [0, 0.05) is 9.92 Å². The Bertz CT molecular complexity index is 1080. The lowest BCUT2D eigenvalue weighted by Crippen LogP contribution is -2.00. The molecule has 0 fully saturated rings. The molecule has 1 unspecified atom stereocenters. The maximum Gasteiger partial charge on any atom is 0.288 e. The predicted octanol–water partition coefficient (Wildman–Crippen LogP) is 5.41. The molecule has 0 amide bonds. The molecule has 0 aromatic heterocycles. The average molecular weight is 434 g/mol. The molecule has 0 N–H and O–H groups in total. The van der Waals surface area contributed by atoms with Crippen LogP contribution in [0.2, 0.25) is 5.02 Å². The lowest BCUT2D eigenvalue weighted by atomic mass is 10.2. The van der Waals surface area contributed by atoms with E-state index in [1.54, 1.807) is 30.5 Å². The third-order valence-corrected chi connectivity index (χ3v) is 7.77. The number of aryl methyl sites for hydroxylation is 1. The van der Waals surface area contributed by atoms with Crippen LogP contribution in [0.15, 0.2) is 86.4 Å². The number of ether oxygens (including phenoxy) is 1. The lowest BCUT2D eigenvalue weighted by Gasteiger charge is -2.08. The van der Waals surface area contributed by atoms with Gasteiger partial charge in [-0.3, -0.25) is 0 Å². The lowest BCUT2D eigenvalue weighted by molar-refractivity contribution is 0.306. The summed E-state index contributed by atoms with van der Waals surface area (Å²) in [4.78, 5) is 1.04. The van der Waals surface area contributed by atoms with Gasteiger partial charge in [0.15, 0.2) is 0 Å². The van der Waals surface area contributed by atoms with E-state index in [1.165, 1.54) is 0 Å². The molecular weight excluding hydrogens is 414 g/mol. The van der Waals surface area contributed by atoms with E-state index in [-0.39, 0.29) is 4.90 Å². The van der Waals surface area contributed by atoms with Crippen LogP contribution in [-0.4, -0.2) is 14.7 Å². The zero-order chi connectivity index (χ0) is 20.1. The molecule has 3 rings (SSSR count). The maximum absolute atomic E-state index is 12.5. The molecule has 4 nitrogen and oxygen atoms in total. The van der Waals surface area contributed by atoms with E-state index >= 15 is 0 Å². The van der Waals surface area contributed by atoms with E-state index in [0.717, 1.165) is 16.0 Å². The van der Waals surface area contributed by atoms with Crippen LogP contribution < -0.4 is 4.74 Å². The van der Waals surface area contributed by atoms with Crippen LogP contribution in [0, 0.1) is 6.92 Å². The Hall–Kier alpha value is -2.15. The first-order valence-electron chi connectivity index (χ1n) is 8.51. The summed E-state index contributed by atoms with van der Waals surface area (Å²) in [7, 11) is -4.48. The summed E-state index contributed by atoms with van der Waals surface area (Å²) in [5, 5.41) is 0.687. The van der Waals surface area contributed by atoms with E-state index in [0.29, 0.717) is 17.4 Å². The number of rotatable bonds is 6. The van der Waals surface area contributed by atoms with Crippen molar-refractivity contribution >= 4 is 32.3 Å². The zero-order valence-electron chi connectivity index (χ0n) is 15.5. The van der Waals surface area contributed by atoms with Crippen molar-refractivity contribution < 1.29 is 13.2 Å². The molecular formula is C21H20ClNO3S2. The number of hydrogen-bond donors (Lipinski definition) is 0. The quantitative estimate of drug-likeness (QED) is 0.522. The van der Waals surface area contributed by atoms with Crippen molar-refractivity contribution in [3.8, 4) is 5.75 Å². The first kappa shape index (κ1) is 20.6. The molecule has 0 spiro atoms. The molecule has 146 valence electrons. The SMILES string of the molecule is Cc1ccc(S(=O)(=O)/N=S(\C)c2ccc(OCc3ccc(Cl)cc3)cc2)cc1. The molecule has 0 radical (unpaired) electrons. The van der Waals surface area contributed by atoms with E-state index in [2.05, 4.69) is 3.77 Å². The van der Waals surface area contributed by atoms with E-state index in [4.69, 9.17) is 16.3 Å². The highest BCUT2D eigenvalue weighted by Crippen LogP contribution is 2.20. The van der Waals surface area contributed by atoms with Gasteiger partial charge in [-0.15, -0.1) is 3.77 Å². The van der Waals surface area contributed by atoms with Gasteiger partial charge in [0.05, 0.1) is 4.90 Å². The summed E-state index contributed by atoms with van der Waals surface area (Å²) < 4.78 is 34.8. The molecule has 0 aliphatic rings. The zero-order valence-corrected chi connectivity index (χ0v) is 17.9. The van der Waals surface area contributed by atoms with Crippen LogP contribution in [0.4, 0.5) is 0 Å². The third kappa shape index (κ3) is 5.44. The smallest absolute Gasteiger partial charge is 0.288 e. The first-order valence-corrected chi connectivity index (χ1v) is 11.9. The second-order valence-corrected chi connectivity index (χ2v) is 10.1. The Kier molecular flexibility index (Phi) is 6.54. The normalized spacial score (nSPS) is 12.7. The Morgan fingerprint density at radius 3 is 2.14 bits per heavy atom. The van der Waals surface area contributed by atoms with Crippen LogP contribution >= 0.6 is 11.6 Å². The van der Waals surface area contributed by atoms with Crippen molar-refractivity contribution in [2.75, 3.05) is 6.26 Å². The molecule has 0 bridgehead atoms. The van der Waals surface area contributed by atoms with E-state index in [9.17, 15) is 8.42 Å². The summed E-state index contributed by atoms with van der Waals surface area (Å²) >= 11 is 5.88. The van der Waals surface area contributed by atoms with E-state index in [1.807, 2.05) is 55.5 Å². The van der Waals surface area contributed by atoms with Gasteiger partial charge < -0.3 is 4.74 Å². The highest BCUT2D eigenvalue weighted by molar-refractivity contribution is 7.99. The average Bonchev–Trinajstić information content (AvgIpc) is 2.68. The second kappa shape index (κ2) is 8.90. The molecule has 0 aliphatic heterocycles. The summed E-state index contributed by atoms with van der Waals surface area (Å²) in [6.07, 6.45) is 1.79. The third-order valence-electron chi connectivity index (χ3n) is 4.01. The molecule has 0 aliphatic carbocycles. The van der Waals surface area contributed by atoms with Gasteiger partial charge in [-0.05, 0) is 67.3 Å². The van der Waals surface area contributed by atoms with E-state index < -0.39 is 20.7 Å². The van der Waals surface area contributed by atoms with Gasteiger partial charge in [0.2, 0.25) is 0 Å². The summed E-state index contributed by atoms with van der Waals surface area (Å²) in [6, 6.07) is 21.5. The van der Waals surface area contributed by atoms with Crippen LogP contribution in [0.3, 0.4) is 0 Å². The topological polar surface area (TPSA) is 55.7 Å². The summed E-state index contributed by atoms with van der Waals surface area (Å²) in [5.74, 6) is 0.706. The van der Waals surface area contributed by atoms with Crippen molar-refractivity contribution in [2.45, 2.75) is 23.3 Å². The maximum atomic E-state index is 12.5. The number of nitrogens with zero attached hydrogens (tertiary/aromatic N) is 1. The minimum absolute atomic E-state index is 0.209. The Morgan fingerprint density at radius 1 is 0.929 bits per heavy atom. The van der Waals surface area contributed by atoms with Crippen molar-refractivity contribution in [1.29, 1.82) is 0 Å². The predicted molar refractivity (Wildman–Crippen MR) is 115 cm³/mol. The van der Waals surface area contributed by atoms with Crippen molar-refractivity contribution in [3.63, 3.8) is 0 Å². The van der Waals surface area contributed by atoms with Gasteiger partial charge >= 0.3 is 0 Å². The highest BCUT2D eigenvalue weighted by atomic mass is 35.5. The second-order valence-electron chi connectivity index (χ2n) is 6.23. The Labute approximate surface area is 173 Å². The molecule has 3 aromatic carbocycles. The summed E-state index contributed by atoms with van der Waals surface area (Å²) in [6.45, 7) is 2.34. The molecule has 3 aromatic rings. The molecule has 7 heteroatoms. The first-order chi connectivity index (χ1) is 13.3. The fourth-order valence-corrected chi connectivity index (χ4v) is 5.43. The number of halogens is 1. The minimum Gasteiger partial charge on any atom is -0.489 e. The van der Waals surface area contributed by atoms with Gasteiger partial charge in [-0.1, -0.05) is 52.1 Å². The van der Waals surface area contributed by atoms with Crippen LogP contribution in [0.25, 0.3) is 0 Å². The van der Waals surface area contributed by atoms with Crippen molar-refractivity contribution in [3.05, 3.63) is 88.9 Å². The standard InChI is InChI=1S/C21H20ClNO3S2/c1-16-3-13-21(14-4-16)28(24,25)23-27(2)20-11-9-19(10-12-20)26-15-17-5-7-18(22)8-6-17/h3-14H,15H2,1-2H3. The van der Waals surface area contributed by atoms with Crippen LogP contribution in [-0.2, 0) is 27.3 Å². The number of benzene rings is 3. The Balaban J connectivity index is 1.70. The molecule has 0 heterocycles. The fourth-order valence-electron chi connectivity index (χ4n) is 2.42. The van der Waals surface area contributed by atoms with Gasteiger partial charge in [0.25, 0.3) is 10.0 Å². The molecule has 28 heavy (non-hydrogen) atoms. The summed E-state index contributed by atoms with van der Waals surface area (Å²) in [5.41, 5.74) is 2.02. The van der Waals surface area contributed by atoms with Gasteiger partial charge in [0.1, 0.15) is 12.4 Å². The number of sulfonamides is 1. The van der Waals surface area contributed by atoms with Gasteiger partial charge in [-0.2, -0.15) is 8.42 Å². The monoisotopic (exact) mass is 433 g/mol. The minimum atomic E-state index is -3.69. The van der Waals surface area contributed by atoms with Crippen LogP contribution in [0.1, 0.15) is 11.1 Å². The highest BCUT2D eigenvalue weighted by Gasteiger charge is 2.13. The van der Waals surface area contributed by atoms with Gasteiger partial charge in [-0.25, -0.2) is 0 Å². The molecule has 0 saturated carbocycles.